The molecule has 4 heteroatoms. The zero-order valence-corrected chi connectivity index (χ0v) is 11.5. The van der Waals surface area contributed by atoms with E-state index in [2.05, 4.69) is 37.9 Å². The molecule has 17 heavy (non-hydrogen) atoms. The summed E-state index contributed by atoms with van der Waals surface area (Å²) < 4.78 is 0. The Kier molecular flexibility index (Phi) is 5.38. The van der Waals surface area contributed by atoms with Crippen molar-refractivity contribution in [2.75, 3.05) is 20.1 Å². The van der Waals surface area contributed by atoms with E-state index in [-0.39, 0.29) is 11.9 Å². The lowest BCUT2D eigenvalue weighted by Gasteiger charge is -2.24. The summed E-state index contributed by atoms with van der Waals surface area (Å²) in [4.78, 5) is 16.2. The molecule has 3 nitrogen and oxygen atoms in total. The summed E-state index contributed by atoms with van der Waals surface area (Å²) in [5.41, 5.74) is 0. The molecule has 0 saturated heterocycles. The molecule has 94 valence electrons. The number of nitrogens with zero attached hydrogens (tertiary/aromatic N) is 1. The number of rotatable bonds is 6. The molecular weight excluding hydrogens is 232 g/mol. The van der Waals surface area contributed by atoms with Crippen LogP contribution in [0.4, 0.5) is 0 Å². The van der Waals surface area contributed by atoms with Crippen LogP contribution in [0.5, 0.6) is 0 Å². The van der Waals surface area contributed by atoms with Gasteiger partial charge in [0, 0.05) is 23.3 Å². The minimum atomic E-state index is 0.102. The summed E-state index contributed by atoms with van der Waals surface area (Å²) >= 11 is 1.74. The van der Waals surface area contributed by atoms with Gasteiger partial charge in [0.15, 0.2) is 0 Å². The van der Waals surface area contributed by atoms with E-state index in [0.29, 0.717) is 13.1 Å². The molecule has 0 spiro atoms. The normalized spacial score (nSPS) is 12.2. The summed E-state index contributed by atoms with van der Waals surface area (Å²) in [5, 5.41) is 3.02. The van der Waals surface area contributed by atoms with Crippen molar-refractivity contribution < 1.29 is 4.79 Å². The zero-order chi connectivity index (χ0) is 12.8. The number of carbonyl (C=O) groups excluding carboxylic acids is 1. The molecule has 0 aromatic carbocycles. The van der Waals surface area contributed by atoms with Gasteiger partial charge in [0.1, 0.15) is 0 Å². The van der Waals surface area contributed by atoms with E-state index in [1.807, 2.05) is 7.05 Å². The zero-order valence-electron chi connectivity index (χ0n) is 10.7. The number of nitrogens with one attached hydrogen (secondary N) is 1. The van der Waals surface area contributed by atoms with Gasteiger partial charge in [-0.2, -0.15) is 0 Å². The van der Waals surface area contributed by atoms with Crippen LogP contribution in [0.1, 0.15) is 22.7 Å². The monoisotopic (exact) mass is 252 g/mol. The fourth-order valence-electron chi connectivity index (χ4n) is 1.49. The average Bonchev–Trinajstić information content (AvgIpc) is 2.74. The van der Waals surface area contributed by atoms with Gasteiger partial charge in [-0.05, 0) is 26.0 Å². The van der Waals surface area contributed by atoms with Crippen molar-refractivity contribution in [2.45, 2.75) is 19.9 Å². The van der Waals surface area contributed by atoms with Crippen LogP contribution < -0.4 is 5.32 Å². The number of carbonyl (C=O) groups is 1. The lowest BCUT2D eigenvalue weighted by molar-refractivity contribution is -0.130. The molecule has 1 heterocycles. The fraction of sp³-hybridized carbons (Fsp3) is 0.462. The maximum Gasteiger partial charge on any atom is 0.236 e. The lowest BCUT2D eigenvalue weighted by atomic mass is 10.2. The Labute approximate surface area is 107 Å². The first-order valence-corrected chi connectivity index (χ1v) is 6.51. The van der Waals surface area contributed by atoms with E-state index >= 15 is 0 Å². The van der Waals surface area contributed by atoms with E-state index in [1.165, 1.54) is 9.75 Å². The second kappa shape index (κ2) is 6.57. The van der Waals surface area contributed by atoms with Crippen molar-refractivity contribution in [1.82, 2.24) is 10.2 Å². The highest BCUT2D eigenvalue weighted by molar-refractivity contribution is 7.12. The molecule has 1 amide bonds. The van der Waals surface area contributed by atoms with Gasteiger partial charge >= 0.3 is 0 Å². The minimum Gasteiger partial charge on any atom is -0.337 e. The van der Waals surface area contributed by atoms with Gasteiger partial charge in [-0.15, -0.1) is 17.9 Å². The largest absolute Gasteiger partial charge is 0.337 e. The Balaban J connectivity index is 2.53. The quantitative estimate of drug-likeness (QED) is 0.622. The highest BCUT2D eigenvalue weighted by atomic mass is 32.1. The van der Waals surface area contributed by atoms with Gasteiger partial charge in [0.2, 0.25) is 5.91 Å². The number of hydrogen-bond donors (Lipinski definition) is 1. The first-order chi connectivity index (χ1) is 8.06. The van der Waals surface area contributed by atoms with Crippen molar-refractivity contribution in [2.24, 2.45) is 0 Å². The van der Waals surface area contributed by atoms with Crippen LogP contribution in [-0.2, 0) is 4.79 Å². The SMILES string of the molecule is C=CCNCC(=O)N(C)C(C)c1ccc(C)s1. The second-order valence-electron chi connectivity index (χ2n) is 4.05. The molecule has 1 atom stereocenters. The Morgan fingerprint density at radius 3 is 2.88 bits per heavy atom. The molecule has 1 aromatic heterocycles. The van der Waals surface area contributed by atoms with Crippen molar-refractivity contribution >= 4 is 17.2 Å². The molecule has 0 radical (unpaired) electrons. The fourth-order valence-corrected chi connectivity index (χ4v) is 2.46. The van der Waals surface area contributed by atoms with Gasteiger partial charge in [-0.3, -0.25) is 4.79 Å². The predicted octanol–water partition coefficient (Wildman–Crippen LogP) is 2.35. The van der Waals surface area contributed by atoms with E-state index in [0.717, 1.165) is 0 Å². The number of hydrogen-bond acceptors (Lipinski definition) is 3. The summed E-state index contributed by atoms with van der Waals surface area (Å²) in [6.45, 7) is 8.75. The summed E-state index contributed by atoms with van der Waals surface area (Å²) in [7, 11) is 1.84. The highest BCUT2D eigenvalue weighted by Crippen LogP contribution is 2.26. The van der Waals surface area contributed by atoms with Crippen molar-refractivity contribution in [1.29, 1.82) is 0 Å². The van der Waals surface area contributed by atoms with Gasteiger partial charge in [-0.25, -0.2) is 0 Å². The molecule has 1 rings (SSSR count). The topological polar surface area (TPSA) is 32.3 Å². The first kappa shape index (κ1) is 13.9. The summed E-state index contributed by atoms with van der Waals surface area (Å²) in [5.74, 6) is 0.102. The number of aryl methyl sites for hydroxylation is 1. The van der Waals surface area contributed by atoms with E-state index < -0.39 is 0 Å². The lowest BCUT2D eigenvalue weighted by Crippen LogP contribution is -2.36. The molecule has 0 aliphatic rings. The van der Waals surface area contributed by atoms with Crippen molar-refractivity contribution in [3.05, 3.63) is 34.5 Å². The van der Waals surface area contributed by atoms with Crippen molar-refractivity contribution in [3.63, 3.8) is 0 Å². The molecule has 1 N–H and O–H groups in total. The third-order valence-corrected chi connectivity index (χ3v) is 3.88. The molecule has 1 unspecified atom stereocenters. The van der Waals surface area contributed by atoms with Crippen LogP contribution in [0.2, 0.25) is 0 Å². The number of thiophene rings is 1. The standard InChI is InChI=1S/C13H20N2OS/c1-5-8-14-9-13(16)15(4)11(3)12-7-6-10(2)17-12/h5-7,11,14H,1,8-9H2,2-4H3. The van der Waals surface area contributed by atoms with Crippen LogP contribution >= 0.6 is 11.3 Å². The second-order valence-corrected chi connectivity index (χ2v) is 5.37. The summed E-state index contributed by atoms with van der Waals surface area (Å²) in [6, 6.07) is 4.31. The smallest absolute Gasteiger partial charge is 0.236 e. The van der Waals surface area contributed by atoms with E-state index in [1.54, 1.807) is 22.3 Å². The van der Waals surface area contributed by atoms with Crippen LogP contribution in [-0.4, -0.2) is 30.9 Å². The van der Waals surface area contributed by atoms with E-state index in [4.69, 9.17) is 0 Å². The molecule has 0 fully saturated rings. The number of likely N-dealkylation sites (N-methyl/N-ethyl adjacent to an activating group) is 1. The molecular formula is C13H20N2OS. The third kappa shape index (κ3) is 3.98. The van der Waals surface area contributed by atoms with Gasteiger partial charge in [0.25, 0.3) is 0 Å². The molecule has 0 bridgehead atoms. The van der Waals surface area contributed by atoms with Crippen LogP contribution in [0, 0.1) is 6.92 Å². The average molecular weight is 252 g/mol. The Morgan fingerprint density at radius 2 is 2.35 bits per heavy atom. The minimum absolute atomic E-state index is 0.102. The molecule has 0 aliphatic heterocycles. The van der Waals surface area contributed by atoms with Gasteiger partial charge in [-0.1, -0.05) is 6.08 Å². The molecule has 0 saturated carbocycles. The van der Waals surface area contributed by atoms with Crippen LogP contribution in [0.25, 0.3) is 0 Å². The Bertz CT molecular complexity index is 387. The van der Waals surface area contributed by atoms with E-state index in [9.17, 15) is 4.79 Å². The maximum atomic E-state index is 11.9. The maximum absolute atomic E-state index is 11.9. The first-order valence-electron chi connectivity index (χ1n) is 5.70. The molecule has 0 aliphatic carbocycles. The van der Waals surface area contributed by atoms with Crippen molar-refractivity contribution in [3.8, 4) is 0 Å². The third-order valence-electron chi connectivity index (χ3n) is 2.71. The number of amides is 1. The van der Waals surface area contributed by atoms with Gasteiger partial charge in [0.05, 0.1) is 12.6 Å². The summed E-state index contributed by atoms with van der Waals surface area (Å²) in [6.07, 6.45) is 1.75. The Morgan fingerprint density at radius 1 is 1.65 bits per heavy atom. The van der Waals surface area contributed by atoms with Gasteiger partial charge < -0.3 is 10.2 Å². The predicted molar refractivity (Wildman–Crippen MR) is 73.3 cm³/mol. The molecule has 1 aromatic rings. The highest BCUT2D eigenvalue weighted by Gasteiger charge is 2.17. The van der Waals surface area contributed by atoms with Crippen LogP contribution in [0.3, 0.4) is 0 Å². The van der Waals surface area contributed by atoms with Crippen LogP contribution in [0.15, 0.2) is 24.8 Å². The Hall–Kier alpha value is -1.13.